The molecular weight excluding hydrogens is 381 g/mol. The molecule has 0 amide bonds. The molecule has 0 N–H and O–H groups in total. The summed E-state index contributed by atoms with van der Waals surface area (Å²) >= 11 is 0. The zero-order chi connectivity index (χ0) is 10.8. The molecule has 0 spiro atoms. The van der Waals surface area contributed by atoms with E-state index < -0.39 is 0 Å². The Balaban J connectivity index is 0.00000128. The Hall–Kier alpha value is -1.08. The van der Waals surface area contributed by atoms with Gasteiger partial charge in [0.05, 0.1) is 5.69 Å². The van der Waals surface area contributed by atoms with Crippen LogP contribution in [0.4, 0.5) is 5.69 Å². The van der Waals surface area contributed by atoms with Crippen LogP contribution in [0, 0.1) is 13.0 Å². The van der Waals surface area contributed by atoms with E-state index in [0.29, 0.717) is 0 Å². The van der Waals surface area contributed by atoms with Crippen LogP contribution in [-0.4, -0.2) is 23.9 Å². The van der Waals surface area contributed by atoms with Crippen molar-refractivity contribution in [2.45, 2.75) is 6.92 Å². The quantitative estimate of drug-likeness (QED) is 0.726. The number of nitrogens with zero attached hydrogens (tertiary/aromatic N) is 3. The van der Waals surface area contributed by atoms with Gasteiger partial charge >= 0.3 is 0 Å². The third-order valence-corrected chi connectivity index (χ3v) is 2.25. The number of hydrogen-bond acceptors (Lipinski definition) is 2. The van der Waals surface area contributed by atoms with Crippen molar-refractivity contribution in [1.82, 2.24) is 9.78 Å². The monoisotopic (exact) mass is 395 g/mol. The first-order chi connectivity index (χ1) is 7.18. The van der Waals surface area contributed by atoms with E-state index in [1.807, 2.05) is 50.1 Å². The van der Waals surface area contributed by atoms with E-state index in [-0.39, 0.29) is 21.1 Å². The number of aromatic nitrogens is 2. The van der Waals surface area contributed by atoms with E-state index in [9.17, 15) is 0 Å². The molecular formula is C12H14N3Pt-. The van der Waals surface area contributed by atoms with Crippen LogP contribution in [0.15, 0.2) is 30.5 Å². The van der Waals surface area contributed by atoms with Crippen LogP contribution >= 0.6 is 0 Å². The molecule has 0 aliphatic rings. The molecule has 0 radical (unpaired) electrons. The van der Waals surface area contributed by atoms with Gasteiger partial charge in [-0.15, -0.1) is 6.07 Å². The van der Waals surface area contributed by atoms with Crippen LogP contribution in [0.2, 0.25) is 0 Å². The first kappa shape index (κ1) is 13.0. The molecule has 0 bridgehead atoms. The molecule has 1 heterocycles. The number of para-hydroxylation sites is 1. The minimum atomic E-state index is 0. The minimum absolute atomic E-state index is 0. The molecule has 1 aromatic carbocycles. The van der Waals surface area contributed by atoms with Crippen molar-refractivity contribution in [3.8, 4) is 5.69 Å². The van der Waals surface area contributed by atoms with Gasteiger partial charge in [0.15, 0.2) is 0 Å². The maximum Gasteiger partial charge on any atom is 0.0597 e. The van der Waals surface area contributed by atoms with Crippen LogP contribution in [0.25, 0.3) is 5.69 Å². The van der Waals surface area contributed by atoms with E-state index >= 15 is 0 Å². The SMILES string of the molecule is Cc1ccn(-c2[c-]cccc2N(C)C)n1.[Pt]. The summed E-state index contributed by atoms with van der Waals surface area (Å²) in [5, 5.41) is 4.38. The normalized spacial score (nSPS) is 9.69. The maximum absolute atomic E-state index is 4.38. The van der Waals surface area contributed by atoms with Crippen molar-refractivity contribution in [3.05, 3.63) is 42.2 Å². The van der Waals surface area contributed by atoms with Crippen molar-refractivity contribution in [2.24, 2.45) is 0 Å². The van der Waals surface area contributed by atoms with Gasteiger partial charge in [-0.3, -0.25) is 4.68 Å². The fraction of sp³-hybridized carbons (Fsp3) is 0.250. The zero-order valence-electron chi connectivity index (χ0n) is 9.54. The molecule has 0 unspecified atom stereocenters. The molecule has 0 saturated heterocycles. The first-order valence-electron chi connectivity index (χ1n) is 4.89. The summed E-state index contributed by atoms with van der Waals surface area (Å²) in [6, 6.07) is 11.1. The Morgan fingerprint density at radius 1 is 1.31 bits per heavy atom. The fourth-order valence-electron chi connectivity index (χ4n) is 1.50. The van der Waals surface area contributed by atoms with Crippen molar-refractivity contribution in [3.63, 3.8) is 0 Å². The second kappa shape index (κ2) is 5.31. The van der Waals surface area contributed by atoms with Gasteiger partial charge in [-0.05, 0) is 38.5 Å². The number of rotatable bonds is 2. The number of benzene rings is 1. The smallest absolute Gasteiger partial charge is 0.0597 e. The largest absolute Gasteiger partial charge is 0.427 e. The van der Waals surface area contributed by atoms with Gasteiger partial charge in [0.1, 0.15) is 0 Å². The van der Waals surface area contributed by atoms with Gasteiger partial charge in [-0.1, -0.05) is 0 Å². The van der Waals surface area contributed by atoms with Crippen molar-refractivity contribution < 1.29 is 21.1 Å². The molecule has 16 heavy (non-hydrogen) atoms. The maximum atomic E-state index is 4.38. The first-order valence-corrected chi connectivity index (χ1v) is 4.89. The average molecular weight is 395 g/mol. The second-order valence-corrected chi connectivity index (χ2v) is 3.70. The third-order valence-electron chi connectivity index (χ3n) is 2.25. The molecule has 88 valence electrons. The Morgan fingerprint density at radius 2 is 2.06 bits per heavy atom. The summed E-state index contributed by atoms with van der Waals surface area (Å²) in [7, 11) is 4.03. The van der Waals surface area contributed by atoms with Crippen LogP contribution < -0.4 is 4.90 Å². The third kappa shape index (κ3) is 2.53. The van der Waals surface area contributed by atoms with Crippen LogP contribution in [-0.2, 0) is 21.1 Å². The van der Waals surface area contributed by atoms with E-state index in [1.165, 1.54) is 0 Å². The van der Waals surface area contributed by atoms with Gasteiger partial charge in [-0.2, -0.15) is 23.3 Å². The Bertz CT molecular complexity index is 463. The predicted molar refractivity (Wildman–Crippen MR) is 61.5 cm³/mol. The van der Waals surface area contributed by atoms with E-state index in [1.54, 1.807) is 0 Å². The molecule has 0 aliphatic heterocycles. The second-order valence-electron chi connectivity index (χ2n) is 3.70. The molecule has 0 saturated carbocycles. The Kier molecular flexibility index (Phi) is 4.31. The van der Waals surface area contributed by atoms with Gasteiger partial charge in [0.2, 0.25) is 0 Å². The molecule has 3 nitrogen and oxygen atoms in total. The minimum Gasteiger partial charge on any atom is -0.427 e. The summed E-state index contributed by atoms with van der Waals surface area (Å²) in [5.41, 5.74) is 3.10. The standard InChI is InChI=1S/C12H14N3.Pt/c1-10-8-9-15(13-10)12-7-5-4-6-11(12)14(2)3;/h4-6,8-9H,1-3H3;/q-1;. The molecule has 2 rings (SSSR count). The van der Waals surface area contributed by atoms with Crippen LogP contribution in [0.3, 0.4) is 0 Å². The van der Waals surface area contributed by atoms with Gasteiger partial charge in [-0.25, -0.2) is 0 Å². The number of anilines is 1. The Labute approximate surface area is 110 Å². The van der Waals surface area contributed by atoms with Gasteiger partial charge in [0, 0.05) is 27.3 Å². The summed E-state index contributed by atoms with van der Waals surface area (Å²) in [5.74, 6) is 0. The van der Waals surface area contributed by atoms with E-state index in [2.05, 4.69) is 22.1 Å². The summed E-state index contributed by atoms with van der Waals surface area (Å²) < 4.78 is 1.85. The van der Waals surface area contributed by atoms with E-state index in [4.69, 9.17) is 0 Å². The average Bonchev–Trinajstić information content (AvgIpc) is 2.65. The van der Waals surface area contributed by atoms with Crippen LogP contribution in [0.5, 0.6) is 0 Å². The predicted octanol–water partition coefficient (Wildman–Crippen LogP) is 2.04. The molecule has 0 aliphatic carbocycles. The molecule has 0 atom stereocenters. The molecule has 4 heteroatoms. The number of hydrogen-bond donors (Lipinski definition) is 0. The fourth-order valence-corrected chi connectivity index (χ4v) is 1.50. The van der Waals surface area contributed by atoms with Gasteiger partial charge in [0.25, 0.3) is 0 Å². The molecule has 0 fully saturated rings. The van der Waals surface area contributed by atoms with E-state index in [0.717, 1.165) is 17.1 Å². The van der Waals surface area contributed by atoms with Crippen molar-refractivity contribution in [2.75, 3.05) is 19.0 Å². The van der Waals surface area contributed by atoms with Crippen LogP contribution in [0.1, 0.15) is 5.69 Å². The molecule has 2 aromatic rings. The van der Waals surface area contributed by atoms with Gasteiger partial charge < -0.3 is 4.90 Å². The topological polar surface area (TPSA) is 21.1 Å². The van der Waals surface area contributed by atoms with Crippen molar-refractivity contribution in [1.29, 1.82) is 0 Å². The van der Waals surface area contributed by atoms with Crippen molar-refractivity contribution >= 4 is 5.69 Å². The summed E-state index contributed by atoms with van der Waals surface area (Å²) in [6.07, 6.45) is 1.95. The zero-order valence-corrected chi connectivity index (χ0v) is 11.8. The summed E-state index contributed by atoms with van der Waals surface area (Å²) in [4.78, 5) is 2.06. The number of aryl methyl sites for hydroxylation is 1. The Morgan fingerprint density at radius 3 is 2.62 bits per heavy atom. The molecule has 1 aromatic heterocycles. The summed E-state index contributed by atoms with van der Waals surface area (Å²) in [6.45, 7) is 1.98.